The van der Waals surface area contributed by atoms with Crippen molar-refractivity contribution in [2.45, 2.75) is 31.0 Å². The summed E-state index contributed by atoms with van der Waals surface area (Å²) in [5.74, 6) is -16.4. The molecule has 0 saturated carbocycles. The molecule has 1 atom stereocenters. The van der Waals surface area contributed by atoms with Gasteiger partial charge in [0.15, 0.2) is 12.4 Å². The van der Waals surface area contributed by atoms with Crippen LogP contribution >= 0.6 is 0 Å². The van der Waals surface area contributed by atoms with Crippen LogP contribution in [0.2, 0.25) is 0 Å². The summed E-state index contributed by atoms with van der Waals surface area (Å²) in [4.78, 5) is 25.9. The number of halogens is 7. The van der Waals surface area contributed by atoms with E-state index in [0.717, 1.165) is 0 Å². The fourth-order valence-electron chi connectivity index (χ4n) is 1.40. The van der Waals surface area contributed by atoms with Crippen molar-refractivity contribution in [3.8, 4) is 17.4 Å². The average molecular weight is 423 g/mol. The Kier molecular flexibility index (Phi) is 6.66. The molecule has 1 rings (SSSR count). The number of hydrogen-bond donors (Lipinski definition) is 3. The van der Waals surface area contributed by atoms with Crippen LogP contribution in [0, 0.1) is 0 Å². The number of nitrogens with zero attached hydrogens (tertiary/aromatic N) is 1. The minimum absolute atomic E-state index is 0.620. The highest BCUT2D eigenvalue weighted by Gasteiger charge is 2.73. The van der Waals surface area contributed by atoms with Gasteiger partial charge in [-0.3, -0.25) is 10.1 Å². The van der Waals surface area contributed by atoms with Crippen molar-refractivity contribution >= 4 is 12.0 Å². The molecule has 0 radical (unpaired) electrons. The van der Waals surface area contributed by atoms with Gasteiger partial charge in [-0.05, 0) is 6.92 Å². The molecule has 4 N–H and O–H groups in total. The van der Waals surface area contributed by atoms with E-state index in [1.54, 1.807) is 5.32 Å². The summed E-state index contributed by atoms with van der Waals surface area (Å²) in [5, 5.41) is 11.3. The average Bonchev–Trinajstić information content (AvgIpc) is 2.54. The molecular formula is C13H12F7N3O5. The molecule has 0 bridgehead atoms. The summed E-state index contributed by atoms with van der Waals surface area (Å²) in [7, 11) is 0. The summed E-state index contributed by atoms with van der Waals surface area (Å²) < 4.78 is 96.7. The Balaban J connectivity index is 2.91. The fourth-order valence-corrected chi connectivity index (χ4v) is 1.40. The maximum Gasteiger partial charge on any atom is 0.460 e. The maximum absolute atomic E-state index is 13.2. The molecule has 0 unspecified atom stereocenters. The number of rotatable bonds is 6. The molecule has 158 valence electrons. The van der Waals surface area contributed by atoms with Crippen LogP contribution in [0.3, 0.4) is 0 Å². The SMILES string of the molecule is C[C@H](N)C(=O)NC(=O)Oc1nccc(OCC(F)(F)C(F)(F)C(F)(F)F)c1O. The second-order valence-electron chi connectivity index (χ2n) is 5.20. The molecule has 28 heavy (non-hydrogen) atoms. The topological polar surface area (TPSA) is 124 Å². The lowest BCUT2D eigenvalue weighted by Gasteiger charge is -2.28. The molecule has 1 aromatic rings. The molecule has 8 nitrogen and oxygen atoms in total. The third-order valence-corrected chi connectivity index (χ3v) is 2.91. The number of aromatic hydroxyl groups is 1. The number of nitrogens with two attached hydrogens (primary N) is 1. The number of aromatic nitrogens is 1. The van der Waals surface area contributed by atoms with Crippen LogP contribution in [-0.4, -0.2) is 52.8 Å². The maximum atomic E-state index is 13.2. The van der Waals surface area contributed by atoms with Crippen molar-refractivity contribution in [1.29, 1.82) is 0 Å². The molecule has 0 spiro atoms. The lowest BCUT2D eigenvalue weighted by atomic mass is 10.2. The van der Waals surface area contributed by atoms with Gasteiger partial charge in [0.25, 0.3) is 5.88 Å². The molecule has 1 aromatic heterocycles. The fraction of sp³-hybridized carbons (Fsp3) is 0.462. The smallest absolute Gasteiger partial charge is 0.460 e. The zero-order valence-corrected chi connectivity index (χ0v) is 13.7. The van der Waals surface area contributed by atoms with Gasteiger partial charge < -0.3 is 20.3 Å². The molecule has 15 heteroatoms. The van der Waals surface area contributed by atoms with E-state index in [1.807, 2.05) is 0 Å². The Morgan fingerprint density at radius 2 is 1.82 bits per heavy atom. The van der Waals surface area contributed by atoms with Gasteiger partial charge in [-0.25, -0.2) is 9.78 Å². The van der Waals surface area contributed by atoms with Crippen LogP contribution in [0.5, 0.6) is 17.4 Å². The molecule has 0 aliphatic carbocycles. The number of nitrogens with one attached hydrogen (secondary N) is 1. The van der Waals surface area contributed by atoms with Gasteiger partial charge in [-0.2, -0.15) is 30.7 Å². The van der Waals surface area contributed by atoms with Gasteiger partial charge in [0.2, 0.25) is 11.7 Å². The molecule has 1 heterocycles. The molecule has 0 aliphatic heterocycles. The summed E-state index contributed by atoms with van der Waals surface area (Å²) >= 11 is 0. The number of carbonyl (C=O) groups is 2. The zero-order chi connectivity index (χ0) is 21.9. The second kappa shape index (κ2) is 8.04. The number of alkyl halides is 7. The third kappa shape index (κ3) is 5.11. The third-order valence-electron chi connectivity index (χ3n) is 2.91. The molecule has 2 amide bonds. The van der Waals surface area contributed by atoms with E-state index in [-0.39, 0.29) is 0 Å². The number of amides is 2. The largest absolute Gasteiger partial charge is 0.501 e. The Labute approximate surface area is 151 Å². The van der Waals surface area contributed by atoms with Crippen LogP contribution in [0.15, 0.2) is 12.3 Å². The van der Waals surface area contributed by atoms with Crippen molar-refractivity contribution in [2.75, 3.05) is 6.61 Å². The van der Waals surface area contributed by atoms with Crippen LogP contribution < -0.4 is 20.5 Å². The van der Waals surface area contributed by atoms with Crippen molar-refractivity contribution in [3.63, 3.8) is 0 Å². The van der Waals surface area contributed by atoms with Crippen LogP contribution in [0.1, 0.15) is 6.92 Å². The van der Waals surface area contributed by atoms with Crippen molar-refractivity contribution in [3.05, 3.63) is 12.3 Å². The van der Waals surface area contributed by atoms with Crippen molar-refractivity contribution in [2.24, 2.45) is 5.73 Å². The lowest BCUT2D eigenvalue weighted by Crippen LogP contribution is -2.54. The first-order chi connectivity index (χ1) is 12.6. The van der Waals surface area contributed by atoms with E-state index in [4.69, 9.17) is 5.73 Å². The monoisotopic (exact) mass is 423 g/mol. The lowest BCUT2D eigenvalue weighted by molar-refractivity contribution is -0.358. The molecule has 0 aliphatic rings. The highest BCUT2D eigenvalue weighted by molar-refractivity contribution is 5.95. The molecule has 0 aromatic carbocycles. The van der Waals surface area contributed by atoms with E-state index in [2.05, 4.69) is 14.5 Å². The first-order valence-electron chi connectivity index (χ1n) is 7.01. The van der Waals surface area contributed by atoms with Gasteiger partial charge in [-0.1, -0.05) is 0 Å². The summed E-state index contributed by atoms with van der Waals surface area (Å²) in [5.41, 5.74) is 5.16. The number of hydrogen-bond acceptors (Lipinski definition) is 7. The van der Waals surface area contributed by atoms with E-state index >= 15 is 0 Å². The number of carbonyl (C=O) groups excluding carboxylic acids is 2. The normalized spacial score (nSPS) is 13.6. The highest BCUT2D eigenvalue weighted by Crippen LogP contribution is 2.47. The minimum Gasteiger partial charge on any atom is -0.501 e. The van der Waals surface area contributed by atoms with E-state index in [9.17, 15) is 45.4 Å². The number of ether oxygens (including phenoxy) is 2. The van der Waals surface area contributed by atoms with Crippen molar-refractivity contribution in [1.82, 2.24) is 10.3 Å². The van der Waals surface area contributed by atoms with Gasteiger partial charge in [0, 0.05) is 12.3 Å². The summed E-state index contributed by atoms with van der Waals surface area (Å²) in [6.45, 7) is -1.27. The number of imide groups is 1. The summed E-state index contributed by atoms with van der Waals surface area (Å²) in [6, 6.07) is -0.504. The Bertz CT molecular complexity index is 740. The first kappa shape index (κ1) is 23.2. The van der Waals surface area contributed by atoms with E-state index in [0.29, 0.717) is 12.3 Å². The van der Waals surface area contributed by atoms with Crippen molar-refractivity contribution < 1.29 is 54.9 Å². The van der Waals surface area contributed by atoms with Gasteiger partial charge in [-0.15, -0.1) is 0 Å². The van der Waals surface area contributed by atoms with E-state index < -0.39 is 60.0 Å². The Hall–Kier alpha value is -2.84. The first-order valence-corrected chi connectivity index (χ1v) is 7.01. The summed E-state index contributed by atoms with van der Waals surface area (Å²) in [6.07, 6.45) is -7.37. The second-order valence-corrected chi connectivity index (χ2v) is 5.20. The Morgan fingerprint density at radius 3 is 2.32 bits per heavy atom. The quantitative estimate of drug-likeness (QED) is 0.598. The number of pyridine rings is 1. The van der Waals surface area contributed by atoms with Crippen LogP contribution in [0.4, 0.5) is 35.5 Å². The Morgan fingerprint density at radius 1 is 1.25 bits per heavy atom. The predicted molar refractivity (Wildman–Crippen MR) is 75.2 cm³/mol. The van der Waals surface area contributed by atoms with Gasteiger partial charge in [0.05, 0.1) is 6.04 Å². The standard InChI is InChI=1S/C13H12F7N3O5/c1-5(21)8(25)23-10(26)28-9-7(24)6(2-3-22-9)27-4-11(14,15)12(16,17)13(18,19)20/h2-3,5,24H,4,21H2,1H3,(H,23,25,26)/t5-/m0/s1. The molecule has 0 saturated heterocycles. The highest BCUT2D eigenvalue weighted by atomic mass is 19.4. The predicted octanol–water partition coefficient (Wildman–Crippen LogP) is 1.96. The van der Waals surface area contributed by atoms with Gasteiger partial charge >= 0.3 is 24.1 Å². The van der Waals surface area contributed by atoms with Crippen LogP contribution in [0.25, 0.3) is 0 Å². The van der Waals surface area contributed by atoms with E-state index in [1.165, 1.54) is 6.92 Å². The molecule has 0 fully saturated rings. The van der Waals surface area contributed by atoms with Crippen LogP contribution in [-0.2, 0) is 4.79 Å². The minimum atomic E-state index is -6.56. The van der Waals surface area contributed by atoms with Gasteiger partial charge in [0.1, 0.15) is 0 Å². The zero-order valence-electron chi connectivity index (χ0n) is 13.7. The molecular weight excluding hydrogens is 411 g/mol.